The zero-order chi connectivity index (χ0) is 14.0. The summed E-state index contributed by atoms with van der Waals surface area (Å²) in [4.78, 5) is 15.6. The normalized spacial score (nSPS) is 11.3. The van der Waals surface area contributed by atoms with Crippen LogP contribution in [0.2, 0.25) is 0 Å². The zero-order valence-electron chi connectivity index (χ0n) is 10.4. The largest absolute Gasteiger partial charge is 0.459 e. The summed E-state index contributed by atoms with van der Waals surface area (Å²) in [5, 5.41) is 2.53. The second kappa shape index (κ2) is 4.85. The Morgan fingerprint density at radius 3 is 2.53 bits per heavy atom. The van der Waals surface area contributed by atoms with Crippen molar-refractivity contribution >= 4 is 21.4 Å². The number of pyridine rings is 1. The standard InChI is InChI=1S/C12H12N2O4S/c1-8-5-6-18-11(8)12(15)14-9-3-4-10(13-7-9)19(2,16)17/h3-7H,1-2H3,(H,14,15). The van der Waals surface area contributed by atoms with Gasteiger partial charge in [0, 0.05) is 11.8 Å². The molecule has 0 bridgehead atoms. The number of hydrogen-bond donors (Lipinski definition) is 1. The fourth-order valence-corrected chi connectivity index (χ4v) is 2.03. The van der Waals surface area contributed by atoms with Crippen molar-refractivity contribution < 1.29 is 17.6 Å². The van der Waals surface area contributed by atoms with Crippen LogP contribution in [0.5, 0.6) is 0 Å². The smallest absolute Gasteiger partial charge is 0.291 e. The number of carbonyl (C=O) groups excluding carboxylic acids is 1. The maximum atomic E-state index is 11.8. The number of furan rings is 1. The minimum atomic E-state index is -3.34. The number of amides is 1. The molecule has 0 saturated carbocycles. The van der Waals surface area contributed by atoms with Crippen LogP contribution in [0.3, 0.4) is 0 Å². The van der Waals surface area contributed by atoms with Crippen molar-refractivity contribution in [3.8, 4) is 0 Å². The van der Waals surface area contributed by atoms with Crippen molar-refractivity contribution in [2.75, 3.05) is 11.6 Å². The maximum Gasteiger partial charge on any atom is 0.291 e. The van der Waals surface area contributed by atoms with Crippen molar-refractivity contribution in [3.63, 3.8) is 0 Å². The van der Waals surface area contributed by atoms with Gasteiger partial charge in [-0.2, -0.15) is 0 Å². The first kappa shape index (κ1) is 13.3. The van der Waals surface area contributed by atoms with Gasteiger partial charge < -0.3 is 9.73 Å². The number of aromatic nitrogens is 1. The van der Waals surface area contributed by atoms with Crippen LogP contribution in [0.25, 0.3) is 0 Å². The van der Waals surface area contributed by atoms with Crippen molar-refractivity contribution in [1.29, 1.82) is 0 Å². The van der Waals surface area contributed by atoms with Gasteiger partial charge in [0.25, 0.3) is 5.91 Å². The van der Waals surface area contributed by atoms with Gasteiger partial charge in [0.05, 0.1) is 18.1 Å². The van der Waals surface area contributed by atoms with Gasteiger partial charge in [-0.1, -0.05) is 0 Å². The molecule has 2 heterocycles. The molecular formula is C12H12N2O4S. The highest BCUT2D eigenvalue weighted by Crippen LogP contribution is 2.14. The molecule has 0 unspecified atom stereocenters. The zero-order valence-corrected chi connectivity index (χ0v) is 11.2. The van der Waals surface area contributed by atoms with Gasteiger partial charge in [0.1, 0.15) is 0 Å². The second-order valence-corrected chi connectivity index (χ2v) is 6.01. The number of carbonyl (C=O) groups is 1. The molecule has 0 saturated heterocycles. The summed E-state index contributed by atoms with van der Waals surface area (Å²) in [7, 11) is -3.34. The van der Waals surface area contributed by atoms with E-state index in [4.69, 9.17) is 4.42 Å². The third-order valence-corrected chi connectivity index (χ3v) is 3.44. The predicted molar refractivity (Wildman–Crippen MR) is 68.7 cm³/mol. The lowest BCUT2D eigenvalue weighted by Crippen LogP contribution is -2.12. The topological polar surface area (TPSA) is 89.3 Å². The van der Waals surface area contributed by atoms with Gasteiger partial charge >= 0.3 is 0 Å². The van der Waals surface area contributed by atoms with Crippen LogP contribution in [-0.2, 0) is 9.84 Å². The Bertz CT molecular complexity index is 702. The summed E-state index contributed by atoms with van der Waals surface area (Å²) in [5.74, 6) is -0.191. The van der Waals surface area contributed by atoms with E-state index < -0.39 is 15.7 Å². The molecule has 0 spiro atoms. The van der Waals surface area contributed by atoms with E-state index in [1.807, 2.05) is 0 Å². The fraction of sp³-hybridized carbons (Fsp3) is 0.167. The van der Waals surface area contributed by atoms with Crippen molar-refractivity contribution in [3.05, 3.63) is 42.0 Å². The number of aryl methyl sites for hydroxylation is 1. The summed E-state index contributed by atoms with van der Waals surface area (Å²) in [5.41, 5.74) is 1.12. The maximum absolute atomic E-state index is 11.8. The third kappa shape index (κ3) is 3.00. The molecule has 2 aromatic heterocycles. The Morgan fingerprint density at radius 1 is 1.32 bits per heavy atom. The van der Waals surface area contributed by atoms with E-state index >= 15 is 0 Å². The summed E-state index contributed by atoms with van der Waals surface area (Å²) >= 11 is 0. The fourth-order valence-electron chi connectivity index (χ4n) is 1.47. The van der Waals surface area contributed by atoms with E-state index in [0.717, 1.165) is 11.8 Å². The average molecular weight is 280 g/mol. The van der Waals surface area contributed by atoms with E-state index in [9.17, 15) is 13.2 Å². The minimum Gasteiger partial charge on any atom is -0.459 e. The molecule has 2 rings (SSSR count). The molecule has 0 radical (unpaired) electrons. The first-order valence-corrected chi connectivity index (χ1v) is 7.28. The van der Waals surface area contributed by atoms with E-state index in [2.05, 4.69) is 10.3 Å². The molecule has 1 N–H and O–H groups in total. The highest BCUT2D eigenvalue weighted by atomic mass is 32.2. The van der Waals surface area contributed by atoms with Crippen molar-refractivity contribution in [2.45, 2.75) is 11.9 Å². The van der Waals surface area contributed by atoms with Crippen LogP contribution in [0.1, 0.15) is 16.1 Å². The lowest BCUT2D eigenvalue weighted by atomic mass is 10.2. The molecular weight excluding hydrogens is 268 g/mol. The van der Waals surface area contributed by atoms with E-state index in [1.165, 1.54) is 24.6 Å². The first-order chi connectivity index (χ1) is 8.88. The molecule has 0 fully saturated rings. The number of rotatable bonds is 3. The monoisotopic (exact) mass is 280 g/mol. The Balaban J connectivity index is 2.17. The van der Waals surface area contributed by atoms with Crippen molar-refractivity contribution in [2.24, 2.45) is 0 Å². The van der Waals surface area contributed by atoms with E-state index in [1.54, 1.807) is 13.0 Å². The van der Waals surface area contributed by atoms with E-state index in [0.29, 0.717) is 5.69 Å². The Labute approximate surface area is 110 Å². The highest BCUT2D eigenvalue weighted by Gasteiger charge is 2.13. The molecule has 2 aromatic rings. The number of hydrogen-bond acceptors (Lipinski definition) is 5. The third-order valence-electron chi connectivity index (χ3n) is 2.44. The van der Waals surface area contributed by atoms with Crippen LogP contribution in [0.4, 0.5) is 5.69 Å². The van der Waals surface area contributed by atoms with Gasteiger partial charge in [-0.15, -0.1) is 0 Å². The molecule has 0 atom stereocenters. The van der Waals surface area contributed by atoms with Gasteiger partial charge in [-0.05, 0) is 25.1 Å². The van der Waals surface area contributed by atoms with Crippen LogP contribution >= 0.6 is 0 Å². The number of nitrogens with one attached hydrogen (secondary N) is 1. The summed E-state index contributed by atoms with van der Waals surface area (Å²) in [6, 6.07) is 4.49. The van der Waals surface area contributed by atoms with E-state index in [-0.39, 0.29) is 10.8 Å². The van der Waals surface area contributed by atoms with Crippen LogP contribution in [0.15, 0.2) is 40.1 Å². The van der Waals surface area contributed by atoms with Crippen LogP contribution in [0, 0.1) is 6.92 Å². The number of sulfone groups is 1. The summed E-state index contributed by atoms with van der Waals surface area (Å²) in [6.45, 7) is 1.75. The highest BCUT2D eigenvalue weighted by molar-refractivity contribution is 7.90. The molecule has 19 heavy (non-hydrogen) atoms. The van der Waals surface area contributed by atoms with Crippen molar-refractivity contribution in [1.82, 2.24) is 4.98 Å². The predicted octanol–water partition coefficient (Wildman–Crippen LogP) is 1.64. The second-order valence-electron chi connectivity index (χ2n) is 4.04. The Kier molecular flexibility index (Phi) is 3.39. The molecule has 0 aromatic carbocycles. The molecule has 100 valence electrons. The minimum absolute atomic E-state index is 0.0420. The molecule has 0 aliphatic carbocycles. The quantitative estimate of drug-likeness (QED) is 0.923. The van der Waals surface area contributed by atoms with Crippen LogP contribution < -0.4 is 5.32 Å². The lowest BCUT2D eigenvalue weighted by Gasteiger charge is -2.04. The Hall–Kier alpha value is -2.15. The lowest BCUT2D eigenvalue weighted by molar-refractivity contribution is 0.0996. The molecule has 0 aliphatic heterocycles. The number of nitrogens with zero attached hydrogens (tertiary/aromatic N) is 1. The Morgan fingerprint density at radius 2 is 2.05 bits per heavy atom. The summed E-state index contributed by atoms with van der Waals surface area (Å²) < 4.78 is 27.5. The molecule has 1 amide bonds. The van der Waals surface area contributed by atoms with Gasteiger partial charge in [-0.25, -0.2) is 13.4 Å². The first-order valence-electron chi connectivity index (χ1n) is 5.39. The molecule has 7 heteroatoms. The van der Waals surface area contributed by atoms with Gasteiger partial charge in [0.15, 0.2) is 20.6 Å². The van der Waals surface area contributed by atoms with Gasteiger partial charge in [0.2, 0.25) is 0 Å². The summed E-state index contributed by atoms with van der Waals surface area (Å²) in [6.07, 6.45) is 3.78. The average Bonchev–Trinajstić information content (AvgIpc) is 2.75. The molecule has 0 aliphatic rings. The molecule has 6 nitrogen and oxygen atoms in total. The van der Waals surface area contributed by atoms with Crippen LogP contribution in [-0.4, -0.2) is 25.6 Å². The number of anilines is 1. The SMILES string of the molecule is Cc1ccoc1C(=O)Nc1ccc(S(C)(=O)=O)nc1. The van der Waals surface area contributed by atoms with Gasteiger partial charge in [-0.3, -0.25) is 4.79 Å².